The highest BCUT2D eigenvalue weighted by atomic mass is 32.1. The van der Waals surface area contributed by atoms with Gasteiger partial charge in [-0.2, -0.15) is 4.98 Å². The van der Waals surface area contributed by atoms with Crippen LogP contribution in [0.2, 0.25) is 0 Å². The molecule has 23 heavy (non-hydrogen) atoms. The van der Waals surface area contributed by atoms with Crippen LogP contribution in [0.1, 0.15) is 16.3 Å². The van der Waals surface area contributed by atoms with Crippen molar-refractivity contribution in [3.8, 4) is 10.8 Å². The standard InChI is InChI=1S/C15H12N4O2S2/c1-8-9(2)23-14-12(8)15(20)19(7-16-14)6-11-17-13(21-18-11)10-4-3-5-22-10/h3-5,7H,6H2,1-2H3. The molecule has 6 nitrogen and oxygen atoms in total. The van der Waals surface area contributed by atoms with Crippen LogP contribution in [0, 0.1) is 13.8 Å². The van der Waals surface area contributed by atoms with E-state index in [1.54, 1.807) is 6.33 Å². The molecule has 0 saturated heterocycles. The van der Waals surface area contributed by atoms with Gasteiger partial charge >= 0.3 is 0 Å². The maximum atomic E-state index is 12.6. The lowest BCUT2D eigenvalue weighted by Crippen LogP contribution is -2.21. The van der Waals surface area contributed by atoms with Crippen molar-refractivity contribution in [2.45, 2.75) is 20.4 Å². The Labute approximate surface area is 139 Å². The summed E-state index contributed by atoms with van der Waals surface area (Å²) in [5, 5.41) is 6.58. The lowest BCUT2D eigenvalue weighted by atomic mass is 10.2. The molecule has 0 unspecified atom stereocenters. The zero-order chi connectivity index (χ0) is 16.0. The number of rotatable bonds is 3. The highest BCUT2D eigenvalue weighted by Crippen LogP contribution is 2.26. The molecule has 0 spiro atoms. The molecule has 4 heterocycles. The molecule has 0 aliphatic heterocycles. The topological polar surface area (TPSA) is 73.8 Å². The van der Waals surface area contributed by atoms with Crippen molar-refractivity contribution < 1.29 is 4.52 Å². The van der Waals surface area contributed by atoms with Gasteiger partial charge in [-0.1, -0.05) is 11.2 Å². The van der Waals surface area contributed by atoms with Gasteiger partial charge < -0.3 is 4.52 Å². The predicted octanol–water partition coefficient (Wildman–Crippen LogP) is 3.23. The Morgan fingerprint density at radius 2 is 2.22 bits per heavy atom. The minimum absolute atomic E-state index is 0.0701. The average molecular weight is 344 g/mol. The number of fused-ring (bicyclic) bond motifs is 1. The van der Waals surface area contributed by atoms with Gasteiger partial charge in [0.15, 0.2) is 5.82 Å². The van der Waals surface area contributed by atoms with Crippen LogP contribution in [0.25, 0.3) is 21.0 Å². The molecule has 4 aromatic heterocycles. The third-order valence-electron chi connectivity index (χ3n) is 3.67. The van der Waals surface area contributed by atoms with Crippen LogP contribution in [-0.4, -0.2) is 19.7 Å². The molecule has 0 N–H and O–H groups in total. The van der Waals surface area contributed by atoms with Gasteiger partial charge in [-0.05, 0) is 30.9 Å². The Kier molecular flexibility index (Phi) is 3.35. The predicted molar refractivity (Wildman–Crippen MR) is 90.1 cm³/mol. The van der Waals surface area contributed by atoms with Gasteiger partial charge in [-0.15, -0.1) is 22.7 Å². The fourth-order valence-electron chi connectivity index (χ4n) is 2.35. The molecule has 0 radical (unpaired) electrons. The normalized spacial score (nSPS) is 11.4. The maximum absolute atomic E-state index is 12.6. The van der Waals surface area contributed by atoms with Gasteiger partial charge in [-0.3, -0.25) is 9.36 Å². The fraction of sp³-hybridized carbons (Fsp3) is 0.200. The van der Waals surface area contributed by atoms with E-state index in [1.165, 1.54) is 27.2 Å². The molecule has 0 fully saturated rings. The summed E-state index contributed by atoms with van der Waals surface area (Å²) in [6, 6.07) is 3.84. The van der Waals surface area contributed by atoms with Gasteiger partial charge in [-0.25, -0.2) is 4.98 Å². The minimum atomic E-state index is -0.0701. The summed E-state index contributed by atoms with van der Waals surface area (Å²) in [5.41, 5.74) is 0.920. The van der Waals surface area contributed by atoms with E-state index in [-0.39, 0.29) is 12.1 Å². The Morgan fingerprint density at radius 1 is 1.35 bits per heavy atom. The third kappa shape index (κ3) is 2.40. The molecule has 0 aliphatic rings. The van der Waals surface area contributed by atoms with Crippen molar-refractivity contribution in [1.29, 1.82) is 0 Å². The molecule has 0 atom stereocenters. The summed E-state index contributed by atoms with van der Waals surface area (Å²) in [5.74, 6) is 0.931. The minimum Gasteiger partial charge on any atom is -0.333 e. The van der Waals surface area contributed by atoms with Crippen LogP contribution in [0.3, 0.4) is 0 Å². The lowest BCUT2D eigenvalue weighted by molar-refractivity contribution is 0.421. The lowest BCUT2D eigenvalue weighted by Gasteiger charge is -2.01. The van der Waals surface area contributed by atoms with Crippen LogP contribution >= 0.6 is 22.7 Å². The summed E-state index contributed by atoms with van der Waals surface area (Å²) in [7, 11) is 0. The first-order chi connectivity index (χ1) is 11.1. The van der Waals surface area contributed by atoms with Crippen molar-refractivity contribution in [3.05, 3.63) is 50.5 Å². The highest BCUT2D eigenvalue weighted by molar-refractivity contribution is 7.18. The molecule has 8 heteroatoms. The number of thiophene rings is 2. The van der Waals surface area contributed by atoms with Crippen LogP contribution in [-0.2, 0) is 6.54 Å². The molecule has 4 aromatic rings. The second kappa shape index (κ2) is 5.39. The SMILES string of the molecule is Cc1sc2ncn(Cc3noc(-c4cccs4)n3)c(=O)c2c1C. The van der Waals surface area contributed by atoms with Gasteiger partial charge in [0.05, 0.1) is 23.1 Å². The molecule has 0 aromatic carbocycles. The summed E-state index contributed by atoms with van der Waals surface area (Å²) in [6.07, 6.45) is 1.54. The van der Waals surface area contributed by atoms with Crippen molar-refractivity contribution in [2.75, 3.05) is 0 Å². The monoisotopic (exact) mass is 344 g/mol. The molecular formula is C15H12N4O2S2. The number of hydrogen-bond acceptors (Lipinski definition) is 7. The molecule has 0 bridgehead atoms. The van der Waals surface area contributed by atoms with Gasteiger partial charge in [0.1, 0.15) is 4.83 Å². The zero-order valence-corrected chi connectivity index (χ0v) is 14.1. The van der Waals surface area contributed by atoms with E-state index in [4.69, 9.17) is 4.52 Å². The molecule has 116 valence electrons. The number of aromatic nitrogens is 4. The quantitative estimate of drug-likeness (QED) is 0.570. The first-order valence-electron chi connectivity index (χ1n) is 6.95. The Morgan fingerprint density at radius 3 is 3.00 bits per heavy atom. The van der Waals surface area contributed by atoms with Crippen molar-refractivity contribution in [1.82, 2.24) is 19.7 Å². The van der Waals surface area contributed by atoms with Crippen LogP contribution in [0.4, 0.5) is 0 Å². The largest absolute Gasteiger partial charge is 0.333 e. The van der Waals surface area contributed by atoms with Crippen LogP contribution in [0.15, 0.2) is 33.2 Å². The Hall–Kier alpha value is -2.32. The second-order valence-electron chi connectivity index (χ2n) is 5.13. The van der Waals surface area contributed by atoms with E-state index in [0.717, 1.165) is 20.1 Å². The van der Waals surface area contributed by atoms with Crippen molar-refractivity contribution >= 4 is 32.9 Å². The van der Waals surface area contributed by atoms with E-state index in [9.17, 15) is 4.79 Å². The van der Waals surface area contributed by atoms with E-state index in [2.05, 4.69) is 15.1 Å². The molecule has 0 amide bonds. The summed E-state index contributed by atoms with van der Waals surface area (Å²) in [4.78, 5) is 24.2. The molecule has 4 rings (SSSR count). The van der Waals surface area contributed by atoms with E-state index < -0.39 is 0 Å². The number of hydrogen-bond donors (Lipinski definition) is 0. The Bertz CT molecular complexity index is 1040. The van der Waals surface area contributed by atoms with Crippen LogP contribution in [0.5, 0.6) is 0 Å². The smallest absolute Gasteiger partial charge is 0.268 e. The number of nitrogens with zero attached hydrogens (tertiary/aromatic N) is 4. The van der Waals surface area contributed by atoms with E-state index >= 15 is 0 Å². The number of aryl methyl sites for hydroxylation is 2. The van der Waals surface area contributed by atoms with E-state index in [0.29, 0.717) is 17.1 Å². The summed E-state index contributed by atoms with van der Waals surface area (Å²) < 4.78 is 6.77. The first-order valence-corrected chi connectivity index (χ1v) is 8.64. The van der Waals surface area contributed by atoms with Gasteiger partial charge in [0.25, 0.3) is 11.4 Å². The summed E-state index contributed by atoms with van der Waals surface area (Å²) >= 11 is 3.07. The maximum Gasteiger partial charge on any atom is 0.268 e. The fourth-order valence-corrected chi connectivity index (χ4v) is 3.99. The van der Waals surface area contributed by atoms with Crippen molar-refractivity contribution in [2.24, 2.45) is 0 Å². The molecule has 0 saturated carbocycles. The van der Waals surface area contributed by atoms with Crippen molar-refractivity contribution in [3.63, 3.8) is 0 Å². The summed E-state index contributed by atoms with van der Waals surface area (Å²) in [6.45, 7) is 4.19. The average Bonchev–Trinajstić information content (AvgIpc) is 3.24. The third-order valence-corrected chi connectivity index (χ3v) is 5.64. The molecular weight excluding hydrogens is 332 g/mol. The molecule has 0 aliphatic carbocycles. The zero-order valence-electron chi connectivity index (χ0n) is 12.4. The highest BCUT2D eigenvalue weighted by Gasteiger charge is 2.14. The Balaban J connectivity index is 1.72. The van der Waals surface area contributed by atoms with Crippen LogP contribution < -0.4 is 5.56 Å². The van der Waals surface area contributed by atoms with Gasteiger partial charge in [0.2, 0.25) is 0 Å². The van der Waals surface area contributed by atoms with E-state index in [1.807, 2.05) is 31.4 Å². The first kappa shape index (κ1) is 14.3. The second-order valence-corrected chi connectivity index (χ2v) is 7.28. The van der Waals surface area contributed by atoms with Gasteiger partial charge in [0, 0.05) is 4.88 Å².